The molecule has 1 aromatic heterocycles. The number of aromatic nitrogens is 2. The van der Waals surface area contributed by atoms with Crippen LogP contribution in [0.3, 0.4) is 0 Å². The van der Waals surface area contributed by atoms with E-state index in [1.165, 1.54) is 12.3 Å². The predicted octanol–water partition coefficient (Wildman–Crippen LogP) is 2.08. The van der Waals surface area contributed by atoms with E-state index in [0.29, 0.717) is 11.4 Å². The van der Waals surface area contributed by atoms with E-state index in [-0.39, 0.29) is 5.91 Å². The van der Waals surface area contributed by atoms with Crippen molar-refractivity contribution in [1.29, 1.82) is 0 Å². The van der Waals surface area contributed by atoms with Crippen LogP contribution < -0.4 is 5.32 Å². The van der Waals surface area contributed by atoms with Crippen molar-refractivity contribution in [3.8, 4) is 0 Å². The van der Waals surface area contributed by atoms with E-state index in [1.807, 2.05) is 6.92 Å². The van der Waals surface area contributed by atoms with Crippen LogP contribution in [0.15, 0.2) is 36.8 Å². The van der Waals surface area contributed by atoms with Gasteiger partial charge in [-0.05, 0) is 36.3 Å². The highest BCUT2D eigenvalue weighted by molar-refractivity contribution is 6.03. The van der Waals surface area contributed by atoms with E-state index in [0.717, 1.165) is 17.2 Å². The lowest BCUT2D eigenvalue weighted by Crippen LogP contribution is -2.15. The molecule has 0 aliphatic rings. The molecule has 0 fully saturated rings. The standard InChI is InChI=1S/C15H15N3O3/c1-10-7-12(5-3-11(10)4-6-14(19)20)17-15(21)13-8-16-9-18(13)2/h3-9H,1-2H3,(H,17,21)(H,19,20)/b6-4+. The summed E-state index contributed by atoms with van der Waals surface area (Å²) >= 11 is 0. The number of benzene rings is 1. The van der Waals surface area contributed by atoms with E-state index >= 15 is 0 Å². The average molecular weight is 285 g/mol. The minimum Gasteiger partial charge on any atom is -0.478 e. The van der Waals surface area contributed by atoms with Crippen LogP contribution in [0, 0.1) is 6.92 Å². The Labute approximate surface area is 121 Å². The molecule has 1 aromatic carbocycles. The van der Waals surface area contributed by atoms with Crippen LogP contribution in [-0.4, -0.2) is 26.5 Å². The van der Waals surface area contributed by atoms with Crippen molar-refractivity contribution in [1.82, 2.24) is 9.55 Å². The molecule has 1 heterocycles. The van der Waals surface area contributed by atoms with Gasteiger partial charge < -0.3 is 15.0 Å². The van der Waals surface area contributed by atoms with Crippen molar-refractivity contribution in [3.63, 3.8) is 0 Å². The number of carboxylic acid groups (broad SMARTS) is 1. The van der Waals surface area contributed by atoms with Crippen LogP contribution in [0.4, 0.5) is 5.69 Å². The monoisotopic (exact) mass is 285 g/mol. The molecule has 0 unspecified atom stereocenters. The number of nitrogens with one attached hydrogen (secondary N) is 1. The van der Waals surface area contributed by atoms with Crippen LogP contribution in [0.1, 0.15) is 21.6 Å². The normalized spacial score (nSPS) is 10.8. The molecule has 0 saturated carbocycles. The van der Waals surface area contributed by atoms with E-state index in [1.54, 1.807) is 36.1 Å². The molecule has 6 heteroatoms. The molecule has 0 atom stereocenters. The van der Waals surface area contributed by atoms with Crippen molar-refractivity contribution in [3.05, 3.63) is 53.6 Å². The van der Waals surface area contributed by atoms with Crippen LogP contribution >= 0.6 is 0 Å². The Balaban J connectivity index is 2.15. The van der Waals surface area contributed by atoms with Crippen molar-refractivity contribution in [2.24, 2.45) is 7.05 Å². The summed E-state index contributed by atoms with van der Waals surface area (Å²) in [7, 11) is 1.74. The molecule has 6 nitrogen and oxygen atoms in total. The lowest BCUT2D eigenvalue weighted by Gasteiger charge is -2.08. The molecule has 0 saturated heterocycles. The first kappa shape index (κ1) is 14.5. The summed E-state index contributed by atoms with van der Waals surface area (Å²) in [6.07, 6.45) is 5.65. The molecular formula is C15H15N3O3. The maximum atomic E-state index is 12.0. The fourth-order valence-electron chi connectivity index (χ4n) is 1.87. The third kappa shape index (κ3) is 3.56. The predicted molar refractivity (Wildman–Crippen MR) is 79.0 cm³/mol. The third-order valence-electron chi connectivity index (χ3n) is 2.98. The van der Waals surface area contributed by atoms with E-state index in [4.69, 9.17) is 5.11 Å². The number of anilines is 1. The molecule has 108 valence electrons. The van der Waals surface area contributed by atoms with E-state index < -0.39 is 5.97 Å². The maximum Gasteiger partial charge on any atom is 0.328 e. The Morgan fingerprint density at radius 3 is 2.71 bits per heavy atom. The topological polar surface area (TPSA) is 84.2 Å². The van der Waals surface area contributed by atoms with Gasteiger partial charge in [0.25, 0.3) is 5.91 Å². The Hall–Kier alpha value is -2.89. The number of amides is 1. The maximum absolute atomic E-state index is 12.0. The van der Waals surface area contributed by atoms with Gasteiger partial charge in [0.15, 0.2) is 0 Å². The van der Waals surface area contributed by atoms with Crippen molar-refractivity contribution in [2.75, 3.05) is 5.32 Å². The SMILES string of the molecule is Cc1cc(NC(=O)c2cncn2C)ccc1/C=C/C(=O)O. The second kappa shape index (κ2) is 6.04. The summed E-state index contributed by atoms with van der Waals surface area (Å²) in [5.41, 5.74) is 2.76. The van der Waals surface area contributed by atoms with Gasteiger partial charge in [0, 0.05) is 18.8 Å². The van der Waals surface area contributed by atoms with Crippen LogP contribution in [-0.2, 0) is 11.8 Å². The molecule has 21 heavy (non-hydrogen) atoms. The molecule has 0 aliphatic heterocycles. The Bertz CT molecular complexity index is 717. The lowest BCUT2D eigenvalue weighted by atomic mass is 10.1. The fraction of sp³-hybridized carbons (Fsp3) is 0.133. The van der Waals surface area contributed by atoms with Crippen molar-refractivity contribution in [2.45, 2.75) is 6.92 Å². The first-order valence-electron chi connectivity index (χ1n) is 6.26. The fourth-order valence-corrected chi connectivity index (χ4v) is 1.87. The number of nitrogens with zero attached hydrogens (tertiary/aromatic N) is 2. The number of rotatable bonds is 4. The second-order valence-corrected chi connectivity index (χ2v) is 4.59. The minimum atomic E-state index is -0.997. The van der Waals surface area contributed by atoms with E-state index in [9.17, 15) is 9.59 Å². The number of aryl methyl sites for hydroxylation is 2. The minimum absolute atomic E-state index is 0.247. The number of carbonyl (C=O) groups excluding carboxylic acids is 1. The summed E-state index contributed by atoms with van der Waals surface area (Å²) in [6, 6.07) is 5.27. The Morgan fingerprint density at radius 2 is 2.14 bits per heavy atom. The number of hydrogen-bond donors (Lipinski definition) is 2. The molecular weight excluding hydrogens is 270 g/mol. The first-order chi connectivity index (χ1) is 9.97. The number of carbonyl (C=O) groups is 2. The van der Waals surface area contributed by atoms with Gasteiger partial charge in [-0.15, -0.1) is 0 Å². The van der Waals surface area contributed by atoms with Crippen LogP contribution in [0.2, 0.25) is 0 Å². The molecule has 2 N–H and O–H groups in total. The zero-order valence-corrected chi connectivity index (χ0v) is 11.7. The van der Waals surface area contributed by atoms with Gasteiger partial charge in [-0.1, -0.05) is 6.07 Å². The summed E-state index contributed by atoms with van der Waals surface area (Å²) in [6.45, 7) is 1.85. The number of carboxylic acids is 1. The number of hydrogen-bond acceptors (Lipinski definition) is 3. The zero-order valence-electron chi connectivity index (χ0n) is 11.7. The Kier molecular flexibility index (Phi) is 4.18. The lowest BCUT2D eigenvalue weighted by molar-refractivity contribution is -0.131. The molecule has 0 spiro atoms. The van der Waals surface area contributed by atoms with Gasteiger partial charge in [0.05, 0.1) is 12.5 Å². The third-order valence-corrected chi connectivity index (χ3v) is 2.98. The van der Waals surface area contributed by atoms with Gasteiger partial charge in [-0.3, -0.25) is 4.79 Å². The average Bonchev–Trinajstić information content (AvgIpc) is 2.84. The Morgan fingerprint density at radius 1 is 1.38 bits per heavy atom. The number of aliphatic carboxylic acids is 1. The summed E-state index contributed by atoms with van der Waals surface area (Å²) < 4.78 is 1.63. The van der Waals surface area contributed by atoms with Gasteiger partial charge in [0.1, 0.15) is 5.69 Å². The molecule has 0 aliphatic carbocycles. The van der Waals surface area contributed by atoms with Crippen LogP contribution in [0.5, 0.6) is 0 Å². The summed E-state index contributed by atoms with van der Waals surface area (Å²) in [4.78, 5) is 26.4. The van der Waals surface area contributed by atoms with Gasteiger partial charge in [0.2, 0.25) is 0 Å². The molecule has 2 rings (SSSR count). The molecule has 1 amide bonds. The zero-order chi connectivity index (χ0) is 15.4. The highest BCUT2D eigenvalue weighted by Crippen LogP contribution is 2.17. The van der Waals surface area contributed by atoms with Crippen molar-refractivity contribution < 1.29 is 14.7 Å². The summed E-state index contributed by atoms with van der Waals surface area (Å²) in [5, 5.41) is 11.4. The smallest absolute Gasteiger partial charge is 0.328 e. The van der Waals surface area contributed by atoms with E-state index in [2.05, 4.69) is 10.3 Å². The molecule has 2 aromatic rings. The van der Waals surface area contributed by atoms with Gasteiger partial charge >= 0.3 is 5.97 Å². The van der Waals surface area contributed by atoms with Gasteiger partial charge in [-0.2, -0.15) is 0 Å². The first-order valence-corrected chi connectivity index (χ1v) is 6.26. The molecule has 0 bridgehead atoms. The van der Waals surface area contributed by atoms with Gasteiger partial charge in [-0.25, -0.2) is 9.78 Å². The van der Waals surface area contributed by atoms with Crippen molar-refractivity contribution >= 4 is 23.6 Å². The highest BCUT2D eigenvalue weighted by atomic mass is 16.4. The highest BCUT2D eigenvalue weighted by Gasteiger charge is 2.10. The number of imidazole rings is 1. The quantitative estimate of drug-likeness (QED) is 0.842. The molecule has 0 radical (unpaired) electrons. The largest absolute Gasteiger partial charge is 0.478 e. The summed E-state index contributed by atoms with van der Waals surface area (Å²) in [5.74, 6) is -1.24. The second-order valence-electron chi connectivity index (χ2n) is 4.59. The van der Waals surface area contributed by atoms with Crippen LogP contribution in [0.25, 0.3) is 6.08 Å².